The third-order valence-electron chi connectivity index (χ3n) is 3.29. The first-order valence-electron chi connectivity index (χ1n) is 5.94. The molecule has 1 fully saturated rings. The first-order valence-corrected chi connectivity index (χ1v) is 5.94. The molecular formula is C11H20N4O. The van der Waals surface area contributed by atoms with Crippen molar-refractivity contribution in [2.45, 2.75) is 38.0 Å². The summed E-state index contributed by atoms with van der Waals surface area (Å²) in [5, 5.41) is 7.34. The van der Waals surface area contributed by atoms with Crippen molar-refractivity contribution in [1.29, 1.82) is 0 Å². The number of aryl methyl sites for hydroxylation is 1. The highest BCUT2D eigenvalue weighted by atomic mass is 16.5. The molecule has 0 radical (unpaired) electrons. The van der Waals surface area contributed by atoms with Gasteiger partial charge in [0.25, 0.3) is 0 Å². The largest absolute Gasteiger partial charge is 0.381 e. The Morgan fingerprint density at radius 3 is 2.88 bits per heavy atom. The van der Waals surface area contributed by atoms with E-state index in [2.05, 4.69) is 22.1 Å². The zero-order valence-electron chi connectivity index (χ0n) is 9.83. The molecule has 0 bridgehead atoms. The lowest BCUT2D eigenvalue weighted by Crippen LogP contribution is -2.31. The topological polar surface area (TPSA) is 76.8 Å². The van der Waals surface area contributed by atoms with Gasteiger partial charge in [0.1, 0.15) is 5.82 Å². The molecule has 5 nitrogen and oxygen atoms in total. The fraction of sp³-hybridized carbons (Fsp3) is 0.818. The van der Waals surface area contributed by atoms with E-state index in [4.69, 9.17) is 10.5 Å². The fourth-order valence-electron chi connectivity index (χ4n) is 1.99. The molecule has 16 heavy (non-hydrogen) atoms. The molecule has 5 heteroatoms. The van der Waals surface area contributed by atoms with Gasteiger partial charge in [0.05, 0.1) is 0 Å². The maximum atomic E-state index is 5.47. The van der Waals surface area contributed by atoms with Crippen LogP contribution in [0.3, 0.4) is 0 Å². The number of rotatable bonds is 4. The molecule has 3 N–H and O–H groups in total. The summed E-state index contributed by atoms with van der Waals surface area (Å²) in [6.45, 7) is 4.53. The molecule has 90 valence electrons. The van der Waals surface area contributed by atoms with E-state index in [-0.39, 0.29) is 5.41 Å². The van der Waals surface area contributed by atoms with E-state index in [0.717, 1.165) is 50.5 Å². The van der Waals surface area contributed by atoms with Gasteiger partial charge in [-0.2, -0.15) is 5.10 Å². The first-order chi connectivity index (χ1) is 7.74. The Kier molecular flexibility index (Phi) is 3.56. The smallest absolute Gasteiger partial charge is 0.156 e. The van der Waals surface area contributed by atoms with Crippen molar-refractivity contribution in [2.75, 3.05) is 19.8 Å². The highest BCUT2D eigenvalue weighted by molar-refractivity contribution is 5.07. The number of aromatic nitrogens is 3. The lowest BCUT2D eigenvalue weighted by Gasteiger charge is -2.30. The average Bonchev–Trinajstić information content (AvgIpc) is 2.77. The normalized spacial score (nSPS) is 19.9. The summed E-state index contributed by atoms with van der Waals surface area (Å²) in [5.41, 5.74) is 5.55. The van der Waals surface area contributed by atoms with E-state index in [9.17, 15) is 0 Å². The summed E-state index contributed by atoms with van der Waals surface area (Å²) in [6, 6.07) is 0. The van der Waals surface area contributed by atoms with Gasteiger partial charge >= 0.3 is 0 Å². The molecule has 2 rings (SSSR count). The van der Waals surface area contributed by atoms with E-state index in [0.29, 0.717) is 6.54 Å². The van der Waals surface area contributed by atoms with Crippen molar-refractivity contribution in [3.8, 4) is 0 Å². The minimum Gasteiger partial charge on any atom is -0.381 e. The molecule has 0 spiro atoms. The quantitative estimate of drug-likeness (QED) is 0.791. The Morgan fingerprint density at radius 2 is 2.19 bits per heavy atom. The van der Waals surface area contributed by atoms with Gasteiger partial charge in [-0.1, -0.05) is 6.92 Å². The molecule has 0 aliphatic carbocycles. The number of nitrogens with two attached hydrogens (primary N) is 1. The van der Waals surface area contributed by atoms with E-state index in [1.165, 1.54) is 0 Å². The van der Waals surface area contributed by atoms with Crippen molar-refractivity contribution < 1.29 is 4.74 Å². The second-order valence-electron chi connectivity index (χ2n) is 4.67. The van der Waals surface area contributed by atoms with Crippen molar-refractivity contribution in [1.82, 2.24) is 15.2 Å². The monoisotopic (exact) mass is 224 g/mol. The van der Waals surface area contributed by atoms with E-state index >= 15 is 0 Å². The predicted octanol–water partition coefficient (Wildman–Crippen LogP) is 0.764. The van der Waals surface area contributed by atoms with Crippen LogP contribution in [0.4, 0.5) is 0 Å². The lowest BCUT2D eigenvalue weighted by molar-refractivity contribution is 0.0536. The SMILES string of the molecule is CC1(c2n[nH]c(CCCN)n2)CCOCC1. The summed E-state index contributed by atoms with van der Waals surface area (Å²) in [5.74, 6) is 1.89. The molecule has 1 aromatic heterocycles. The van der Waals surface area contributed by atoms with Crippen LogP contribution in [0.15, 0.2) is 0 Å². The van der Waals surface area contributed by atoms with Crippen molar-refractivity contribution in [3.63, 3.8) is 0 Å². The van der Waals surface area contributed by atoms with Gasteiger partial charge in [0.2, 0.25) is 0 Å². The average molecular weight is 224 g/mol. The zero-order chi connectivity index (χ0) is 11.4. The van der Waals surface area contributed by atoms with Crippen LogP contribution in [-0.2, 0) is 16.6 Å². The van der Waals surface area contributed by atoms with Gasteiger partial charge in [-0.3, -0.25) is 5.10 Å². The van der Waals surface area contributed by atoms with Gasteiger partial charge < -0.3 is 10.5 Å². The molecule has 2 heterocycles. The molecule has 0 aromatic carbocycles. The Balaban J connectivity index is 2.05. The van der Waals surface area contributed by atoms with E-state index < -0.39 is 0 Å². The maximum Gasteiger partial charge on any atom is 0.156 e. The fourth-order valence-corrected chi connectivity index (χ4v) is 1.99. The van der Waals surface area contributed by atoms with Gasteiger partial charge in [0.15, 0.2) is 5.82 Å². The minimum atomic E-state index is 0.0791. The summed E-state index contributed by atoms with van der Waals surface area (Å²) >= 11 is 0. The van der Waals surface area contributed by atoms with Crippen LogP contribution in [0.1, 0.15) is 37.8 Å². The molecule has 1 saturated heterocycles. The highest BCUT2D eigenvalue weighted by Gasteiger charge is 2.33. The molecule has 0 atom stereocenters. The number of ether oxygens (including phenoxy) is 1. The highest BCUT2D eigenvalue weighted by Crippen LogP contribution is 2.31. The van der Waals surface area contributed by atoms with E-state index in [1.807, 2.05) is 0 Å². The second kappa shape index (κ2) is 4.93. The van der Waals surface area contributed by atoms with Gasteiger partial charge in [-0.05, 0) is 25.8 Å². The van der Waals surface area contributed by atoms with Gasteiger partial charge in [-0.15, -0.1) is 0 Å². The van der Waals surface area contributed by atoms with Crippen LogP contribution in [0.5, 0.6) is 0 Å². The molecular weight excluding hydrogens is 204 g/mol. The van der Waals surface area contributed by atoms with Crippen LogP contribution in [0, 0.1) is 0 Å². The molecule has 1 aliphatic rings. The number of nitrogens with zero attached hydrogens (tertiary/aromatic N) is 2. The molecule has 0 unspecified atom stereocenters. The Morgan fingerprint density at radius 1 is 1.44 bits per heavy atom. The Labute approximate surface area is 95.8 Å². The number of hydrogen-bond acceptors (Lipinski definition) is 4. The Bertz CT molecular complexity index is 330. The van der Waals surface area contributed by atoms with Gasteiger partial charge in [-0.25, -0.2) is 4.98 Å². The molecule has 0 amide bonds. The van der Waals surface area contributed by atoms with Gasteiger partial charge in [0, 0.05) is 25.0 Å². The maximum absolute atomic E-state index is 5.47. The zero-order valence-corrected chi connectivity index (χ0v) is 9.83. The minimum absolute atomic E-state index is 0.0791. The first kappa shape index (κ1) is 11.5. The predicted molar refractivity (Wildman–Crippen MR) is 61.2 cm³/mol. The summed E-state index contributed by atoms with van der Waals surface area (Å²) in [6.07, 6.45) is 3.84. The van der Waals surface area contributed by atoms with E-state index in [1.54, 1.807) is 0 Å². The second-order valence-corrected chi connectivity index (χ2v) is 4.67. The molecule has 1 aliphatic heterocycles. The molecule has 0 saturated carbocycles. The Hall–Kier alpha value is -0.940. The number of aromatic amines is 1. The lowest BCUT2D eigenvalue weighted by atomic mass is 9.82. The van der Waals surface area contributed by atoms with Crippen LogP contribution >= 0.6 is 0 Å². The van der Waals surface area contributed by atoms with Crippen LogP contribution in [-0.4, -0.2) is 34.9 Å². The number of hydrogen-bond donors (Lipinski definition) is 2. The van der Waals surface area contributed by atoms with Crippen molar-refractivity contribution in [3.05, 3.63) is 11.6 Å². The van der Waals surface area contributed by atoms with Crippen LogP contribution < -0.4 is 5.73 Å². The van der Waals surface area contributed by atoms with Crippen LogP contribution in [0.25, 0.3) is 0 Å². The van der Waals surface area contributed by atoms with Crippen molar-refractivity contribution in [2.24, 2.45) is 5.73 Å². The third-order valence-corrected chi connectivity index (χ3v) is 3.29. The summed E-state index contributed by atoms with van der Waals surface area (Å²) in [4.78, 5) is 4.57. The number of nitrogens with one attached hydrogen (secondary N) is 1. The van der Waals surface area contributed by atoms with Crippen LogP contribution in [0.2, 0.25) is 0 Å². The number of H-pyrrole nitrogens is 1. The molecule has 1 aromatic rings. The third kappa shape index (κ3) is 2.41. The summed E-state index contributed by atoms with van der Waals surface area (Å²) < 4.78 is 5.38. The van der Waals surface area contributed by atoms with Crippen molar-refractivity contribution >= 4 is 0 Å². The summed E-state index contributed by atoms with van der Waals surface area (Å²) in [7, 11) is 0. The standard InChI is InChI=1S/C11H20N4O/c1-11(4-7-16-8-5-11)10-13-9(14-15-10)3-2-6-12/h2-8,12H2,1H3,(H,13,14,15).